The van der Waals surface area contributed by atoms with Crippen molar-refractivity contribution >= 4 is 28.3 Å². The molecule has 2 aromatic carbocycles. The Morgan fingerprint density at radius 2 is 1.77 bits per heavy atom. The Hall–Kier alpha value is -4.14. The maximum absolute atomic E-state index is 13.9. The largest absolute Gasteiger partial charge is 0.383 e. The molecule has 5 rings (SSSR count). The van der Waals surface area contributed by atoms with Crippen LogP contribution in [0.15, 0.2) is 48.7 Å². The predicted molar refractivity (Wildman–Crippen MR) is 152 cm³/mol. The van der Waals surface area contributed by atoms with E-state index >= 15 is 0 Å². The fraction of sp³-hybridized carbons (Fsp3) is 0.355. The van der Waals surface area contributed by atoms with Crippen LogP contribution < -0.4 is 11.1 Å². The highest BCUT2D eigenvalue weighted by Gasteiger charge is 2.23. The van der Waals surface area contributed by atoms with Crippen LogP contribution in [0.25, 0.3) is 10.8 Å². The Balaban J connectivity index is 0.00000370. The van der Waals surface area contributed by atoms with Gasteiger partial charge in [-0.15, -0.1) is 0 Å². The number of fused-ring (bicyclic) bond motifs is 2. The van der Waals surface area contributed by atoms with Crippen LogP contribution in [0.5, 0.6) is 0 Å². The molecule has 1 aliphatic carbocycles. The SMILES string of the molecule is C.Nc1nccc2cc(CCC(=O)[C@H](Cc3ccc(F)c(F)c3)NC(=O)CCc3n[nH]c4c3CCCC4)ccc12. The number of carbonyl (C=O) groups is 2. The molecule has 1 amide bonds. The number of nitrogens with zero attached hydrogens (tertiary/aromatic N) is 2. The number of pyridine rings is 1. The number of ketones is 1. The van der Waals surface area contributed by atoms with E-state index in [4.69, 9.17) is 5.73 Å². The van der Waals surface area contributed by atoms with Gasteiger partial charge in [0.1, 0.15) is 5.82 Å². The summed E-state index contributed by atoms with van der Waals surface area (Å²) in [7, 11) is 0. The van der Waals surface area contributed by atoms with Crippen molar-refractivity contribution in [1.82, 2.24) is 20.5 Å². The van der Waals surface area contributed by atoms with E-state index in [1.54, 1.807) is 6.20 Å². The Morgan fingerprint density at radius 3 is 2.60 bits per heavy atom. The van der Waals surface area contributed by atoms with Crippen molar-refractivity contribution in [3.05, 3.63) is 88.4 Å². The molecule has 1 atom stereocenters. The van der Waals surface area contributed by atoms with Gasteiger partial charge in [-0.1, -0.05) is 31.7 Å². The van der Waals surface area contributed by atoms with Crippen molar-refractivity contribution in [3.8, 4) is 0 Å². The maximum Gasteiger partial charge on any atom is 0.220 e. The molecule has 210 valence electrons. The molecule has 4 aromatic rings. The van der Waals surface area contributed by atoms with Crippen molar-refractivity contribution in [2.45, 2.75) is 71.3 Å². The minimum atomic E-state index is -0.988. The summed E-state index contributed by atoms with van der Waals surface area (Å²) in [5.41, 5.74) is 10.6. The van der Waals surface area contributed by atoms with Crippen LogP contribution in [0.2, 0.25) is 0 Å². The second-order valence-corrected chi connectivity index (χ2v) is 10.1. The van der Waals surface area contributed by atoms with Gasteiger partial charge in [0.05, 0.1) is 11.7 Å². The van der Waals surface area contributed by atoms with Gasteiger partial charge in [0, 0.05) is 36.5 Å². The molecule has 0 unspecified atom stereocenters. The molecular weight excluding hydrogens is 512 g/mol. The number of benzene rings is 2. The van der Waals surface area contributed by atoms with E-state index in [0.29, 0.717) is 24.2 Å². The zero-order valence-electron chi connectivity index (χ0n) is 21.6. The van der Waals surface area contributed by atoms with Crippen molar-refractivity contribution in [3.63, 3.8) is 0 Å². The van der Waals surface area contributed by atoms with Gasteiger partial charge < -0.3 is 11.1 Å². The molecule has 0 fully saturated rings. The normalized spacial score (nSPS) is 13.3. The second-order valence-electron chi connectivity index (χ2n) is 10.1. The minimum absolute atomic E-state index is 0. The number of amides is 1. The summed E-state index contributed by atoms with van der Waals surface area (Å²) in [6.07, 6.45) is 7.16. The van der Waals surface area contributed by atoms with Crippen molar-refractivity contribution < 1.29 is 18.4 Å². The monoisotopic (exact) mass is 547 g/mol. The molecule has 7 nitrogen and oxygen atoms in total. The first-order valence-corrected chi connectivity index (χ1v) is 13.3. The average Bonchev–Trinajstić information content (AvgIpc) is 3.35. The van der Waals surface area contributed by atoms with E-state index in [1.165, 1.54) is 11.6 Å². The standard InChI is InChI=1S/C30H31F2N5O2.CH4/c31-23-9-6-19(16-24(23)32)17-27(35-29(39)12-10-26-22-3-1-2-4-25(22)36-37-26)28(38)11-7-18-5-8-21-20(15-18)13-14-34-30(21)33;/h5-6,8-9,13-16,27H,1-4,7,10-12,17H2,(H2,33,34)(H,35,39)(H,36,37);1H4/t27-;/m0./s1. The fourth-order valence-corrected chi connectivity index (χ4v) is 5.25. The number of aromatic nitrogens is 3. The smallest absolute Gasteiger partial charge is 0.220 e. The Labute approximate surface area is 232 Å². The van der Waals surface area contributed by atoms with E-state index in [0.717, 1.165) is 65.5 Å². The van der Waals surface area contributed by atoms with Crippen molar-refractivity contribution in [2.24, 2.45) is 0 Å². The first-order chi connectivity index (χ1) is 18.9. The molecule has 0 bridgehead atoms. The van der Waals surface area contributed by atoms with Gasteiger partial charge in [-0.25, -0.2) is 13.8 Å². The number of nitrogens with one attached hydrogen (secondary N) is 2. The second kappa shape index (κ2) is 12.8. The number of nitrogen functional groups attached to an aromatic ring is 1. The first-order valence-electron chi connectivity index (χ1n) is 13.3. The number of H-pyrrole nitrogens is 1. The molecule has 0 aliphatic heterocycles. The number of halogens is 2. The molecule has 0 saturated carbocycles. The number of nitrogens with two attached hydrogens (primary N) is 1. The molecule has 0 spiro atoms. The van der Waals surface area contributed by atoms with Crippen molar-refractivity contribution in [1.29, 1.82) is 0 Å². The third kappa shape index (κ3) is 6.70. The van der Waals surface area contributed by atoms with Gasteiger partial charge in [-0.3, -0.25) is 14.7 Å². The van der Waals surface area contributed by atoms with Gasteiger partial charge in [0.15, 0.2) is 17.4 Å². The lowest BCUT2D eigenvalue weighted by molar-refractivity contribution is -0.127. The molecule has 1 aliphatic rings. The van der Waals surface area contributed by atoms with Crippen LogP contribution in [-0.4, -0.2) is 32.9 Å². The van der Waals surface area contributed by atoms with Crippen LogP contribution >= 0.6 is 0 Å². The Kier molecular flexibility index (Phi) is 9.24. The van der Waals surface area contributed by atoms with E-state index in [1.807, 2.05) is 24.3 Å². The fourth-order valence-electron chi connectivity index (χ4n) is 5.25. The molecule has 2 aromatic heterocycles. The Morgan fingerprint density at radius 1 is 0.975 bits per heavy atom. The molecule has 4 N–H and O–H groups in total. The van der Waals surface area contributed by atoms with Gasteiger partial charge in [-0.05, 0) is 78.8 Å². The Bertz CT molecular complexity index is 1520. The van der Waals surface area contributed by atoms with Crippen LogP contribution in [0.3, 0.4) is 0 Å². The predicted octanol–water partition coefficient (Wildman–Crippen LogP) is 5.20. The number of Topliss-reactive ketones (excluding diaryl/α,β-unsaturated/α-hetero) is 1. The van der Waals surface area contributed by atoms with Gasteiger partial charge in [-0.2, -0.15) is 5.10 Å². The van der Waals surface area contributed by atoms with E-state index in [-0.39, 0.29) is 38.4 Å². The summed E-state index contributed by atoms with van der Waals surface area (Å²) < 4.78 is 27.3. The summed E-state index contributed by atoms with van der Waals surface area (Å²) in [5.74, 6) is -1.96. The molecule has 40 heavy (non-hydrogen) atoms. The van der Waals surface area contributed by atoms with Gasteiger partial charge >= 0.3 is 0 Å². The number of carbonyl (C=O) groups excluding carboxylic acids is 2. The van der Waals surface area contributed by atoms with E-state index in [9.17, 15) is 18.4 Å². The summed E-state index contributed by atoms with van der Waals surface area (Å²) in [6.45, 7) is 0. The summed E-state index contributed by atoms with van der Waals surface area (Å²) in [4.78, 5) is 30.3. The highest BCUT2D eigenvalue weighted by molar-refractivity contribution is 5.92. The third-order valence-corrected chi connectivity index (χ3v) is 7.40. The van der Waals surface area contributed by atoms with Crippen LogP contribution in [0.1, 0.15) is 61.2 Å². The van der Waals surface area contributed by atoms with Crippen LogP contribution in [0, 0.1) is 11.6 Å². The lowest BCUT2D eigenvalue weighted by Gasteiger charge is -2.18. The molecule has 9 heteroatoms. The third-order valence-electron chi connectivity index (χ3n) is 7.40. The van der Waals surface area contributed by atoms with Crippen LogP contribution in [-0.2, 0) is 41.7 Å². The molecular formula is C31H35F2N5O2. The summed E-state index contributed by atoms with van der Waals surface area (Å²) >= 11 is 0. The number of aryl methyl sites for hydroxylation is 3. The number of hydrogen-bond acceptors (Lipinski definition) is 5. The number of aromatic amines is 1. The number of hydrogen-bond donors (Lipinski definition) is 3. The highest BCUT2D eigenvalue weighted by atomic mass is 19.2. The number of anilines is 1. The quantitative estimate of drug-likeness (QED) is 0.253. The minimum Gasteiger partial charge on any atom is -0.383 e. The highest BCUT2D eigenvalue weighted by Crippen LogP contribution is 2.23. The lowest BCUT2D eigenvalue weighted by atomic mass is 9.94. The summed E-state index contributed by atoms with van der Waals surface area (Å²) in [5, 5.41) is 12.1. The zero-order chi connectivity index (χ0) is 27.4. The molecule has 2 heterocycles. The molecule has 0 radical (unpaired) electrons. The van der Waals surface area contributed by atoms with E-state index in [2.05, 4.69) is 20.5 Å². The maximum atomic E-state index is 13.9. The summed E-state index contributed by atoms with van der Waals surface area (Å²) in [6, 6.07) is 10.3. The number of rotatable bonds is 10. The van der Waals surface area contributed by atoms with Crippen molar-refractivity contribution in [2.75, 3.05) is 5.73 Å². The van der Waals surface area contributed by atoms with Crippen LogP contribution in [0.4, 0.5) is 14.6 Å². The van der Waals surface area contributed by atoms with Gasteiger partial charge in [0.25, 0.3) is 0 Å². The molecule has 0 saturated heterocycles. The van der Waals surface area contributed by atoms with E-state index < -0.39 is 17.7 Å². The topological polar surface area (TPSA) is 114 Å². The average molecular weight is 548 g/mol. The first kappa shape index (κ1) is 28.9. The zero-order valence-corrected chi connectivity index (χ0v) is 21.6. The van der Waals surface area contributed by atoms with Gasteiger partial charge in [0.2, 0.25) is 5.91 Å². The lowest BCUT2D eigenvalue weighted by Crippen LogP contribution is -2.42.